The molecule has 2 aromatic carbocycles. The molecule has 2 N–H and O–H groups in total. The number of amides is 1. The van der Waals surface area contributed by atoms with Gasteiger partial charge in [0, 0.05) is 11.9 Å². The van der Waals surface area contributed by atoms with Crippen LogP contribution in [-0.2, 0) is 6.42 Å². The number of aryl methyl sites for hydroxylation is 2. The first-order valence-electron chi connectivity index (χ1n) is 8.43. The van der Waals surface area contributed by atoms with Crippen LogP contribution in [0.2, 0.25) is 0 Å². The highest BCUT2D eigenvalue weighted by Gasteiger charge is 2.14. The summed E-state index contributed by atoms with van der Waals surface area (Å²) >= 11 is 0. The summed E-state index contributed by atoms with van der Waals surface area (Å²) in [5, 5.41) is 5.34. The van der Waals surface area contributed by atoms with Crippen LogP contribution in [0.1, 0.15) is 28.5 Å². The summed E-state index contributed by atoms with van der Waals surface area (Å²) in [4.78, 5) is 20.6. The zero-order chi connectivity index (χ0) is 19.4. The molecule has 0 spiro atoms. The second-order valence-electron chi connectivity index (χ2n) is 5.90. The standard InChI is InChI=1S/C20H18F2N4O/c1-3-13-7-4-6-12(2)17(13)25-19(27)16-10-11-23-20(24-16)26-18-14(21)8-5-9-15(18)22/h4-11H,3H2,1-2H3,(H,25,27)(H,23,24,26). The molecule has 27 heavy (non-hydrogen) atoms. The van der Waals surface area contributed by atoms with E-state index in [1.54, 1.807) is 0 Å². The molecule has 0 aliphatic heterocycles. The van der Waals surface area contributed by atoms with Crippen molar-refractivity contribution in [3.05, 3.63) is 77.1 Å². The highest BCUT2D eigenvalue weighted by Crippen LogP contribution is 2.23. The summed E-state index contributed by atoms with van der Waals surface area (Å²) < 4.78 is 27.5. The molecule has 0 saturated heterocycles. The Morgan fingerprint density at radius 1 is 1.04 bits per heavy atom. The van der Waals surface area contributed by atoms with Crippen molar-refractivity contribution in [3.63, 3.8) is 0 Å². The van der Waals surface area contributed by atoms with E-state index in [2.05, 4.69) is 20.6 Å². The van der Waals surface area contributed by atoms with Crippen LogP contribution in [0, 0.1) is 18.6 Å². The maximum atomic E-state index is 13.8. The van der Waals surface area contributed by atoms with Crippen LogP contribution in [0.4, 0.5) is 26.1 Å². The van der Waals surface area contributed by atoms with Gasteiger partial charge in [-0.15, -0.1) is 0 Å². The summed E-state index contributed by atoms with van der Waals surface area (Å²) in [5.41, 5.74) is 2.38. The van der Waals surface area contributed by atoms with E-state index in [1.165, 1.54) is 18.3 Å². The Kier molecular flexibility index (Phi) is 5.40. The second kappa shape index (κ2) is 7.90. The van der Waals surface area contributed by atoms with Crippen molar-refractivity contribution in [1.82, 2.24) is 9.97 Å². The van der Waals surface area contributed by atoms with E-state index in [4.69, 9.17) is 0 Å². The van der Waals surface area contributed by atoms with Crippen molar-refractivity contribution in [2.75, 3.05) is 10.6 Å². The fourth-order valence-electron chi connectivity index (χ4n) is 2.65. The fourth-order valence-corrected chi connectivity index (χ4v) is 2.65. The molecule has 0 unspecified atom stereocenters. The van der Waals surface area contributed by atoms with Gasteiger partial charge in [0.2, 0.25) is 5.95 Å². The van der Waals surface area contributed by atoms with Gasteiger partial charge < -0.3 is 10.6 Å². The van der Waals surface area contributed by atoms with Crippen molar-refractivity contribution in [2.24, 2.45) is 0 Å². The fraction of sp³-hybridized carbons (Fsp3) is 0.150. The number of carbonyl (C=O) groups excluding carboxylic acids is 1. The topological polar surface area (TPSA) is 66.9 Å². The van der Waals surface area contributed by atoms with E-state index in [0.29, 0.717) is 0 Å². The SMILES string of the molecule is CCc1cccc(C)c1NC(=O)c1ccnc(Nc2c(F)cccc2F)n1. The Hall–Kier alpha value is -3.35. The maximum Gasteiger partial charge on any atom is 0.274 e. The van der Waals surface area contributed by atoms with E-state index in [9.17, 15) is 13.6 Å². The third kappa shape index (κ3) is 4.08. The first-order valence-corrected chi connectivity index (χ1v) is 8.43. The Labute approximate surface area is 155 Å². The van der Waals surface area contributed by atoms with Gasteiger partial charge in [-0.2, -0.15) is 0 Å². The minimum atomic E-state index is -0.777. The number of para-hydroxylation sites is 2. The summed E-state index contributed by atoms with van der Waals surface area (Å²) in [7, 11) is 0. The molecule has 0 fully saturated rings. The number of nitrogens with one attached hydrogen (secondary N) is 2. The van der Waals surface area contributed by atoms with E-state index in [0.717, 1.165) is 35.4 Å². The van der Waals surface area contributed by atoms with Gasteiger partial charge >= 0.3 is 0 Å². The van der Waals surface area contributed by atoms with Crippen LogP contribution in [0.25, 0.3) is 0 Å². The van der Waals surface area contributed by atoms with E-state index >= 15 is 0 Å². The van der Waals surface area contributed by atoms with E-state index in [1.807, 2.05) is 32.0 Å². The van der Waals surface area contributed by atoms with Gasteiger partial charge in [-0.25, -0.2) is 18.7 Å². The first kappa shape index (κ1) is 18.4. The average Bonchev–Trinajstić information content (AvgIpc) is 2.66. The molecule has 138 valence electrons. The first-order chi connectivity index (χ1) is 13.0. The molecule has 0 saturated carbocycles. The lowest BCUT2D eigenvalue weighted by atomic mass is 10.1. The number of carbonyl (C=O) groups is 1. The van der Waals surface area contributed by atoms with Crippen molar-refractivity contribution < 1.29 is 13.6 Å². The molecular formula is C20H18F2N4O. The number of hydrogen-bond acceptors (Lipinski definition) is 4. The van der Waals surface area contributed by atoms with Crippen LogP contribution in [-0.4, -0.2) is 15.9 Å². The molecule has 0 atom stereocenters. The molecule has 3 rings (SSSR count). The molecule has 5 nitrogen and oxygen atoms in total. The predicted octanol–water partition coefficient (Wildman–Crippen LogP) is 4.62. The largest absolute Gasteiger partial charge is 0.320 e. The van der Waals surface area contributed by atoms with Crippen molar-refractivity contribution in [2.45, 2.75) is 20.3 Å². The Morgan fingerprint density at radius 2 is 1.74 bits per heavy atom. The second-order valence-corrected chi connectivity index (χ2v) is 5.90. The van der Waals surface area contributed by atoms with Crippen LogP contribution in [0.3, 0.4) is 0 Å². The zero-order valence-electron chi connectivity index (χ0n) is 14.9. The molecule has 0 aliphatic rings. The van der Waals surface area contributed by atoms with Crippen LogP contribution in [0.15, 0.2) is 48.7 Å². The lowest BCUT2D eigenvalue weighted by Gasteiger charge is -2.13. The molecule has 1 amide bonds. The Bertz CT molecular complexity index is 971. The zero-order valence-corrected chi connectivity index (χ0v) is 14.9. The monoisotopic (exact) mass is 368 g/mol. The number of halogens is 2. The number of aromatic nitrogens is 2. The van der Waals surface area contributed by atoms with Crippen LogP contribution in [0.5, 0.6) is 0 Å². The van der Waals surface area contributed by atoms with E-state index in [-0.39, 0.29) is 17.3 Å². The van der Waals surface area contributed by atoms with Gasteiger partial charge in [-0.05, 0) is 42.7 Å². The quantitative estimate of drug-likeness (QED) is 0.689. The molecule has 7 heteroatoms. The number of nitrogens with zero attached hydrogens (tertiary/aromatic N) is 2. The Morgan fingerprint density at radius 3 is 2.44 bits per heavy atom. The smallest absolute Gasteiger partial charge is 0.274 e. The normalized spacial score (nSPS) is 10.5. The number of rotatable bonds is 5. The summed E-state index contributed by atoms with van der Waals surface area (Å²) in [6.45, 7) is 3.91. The molecule has 3 aromatic rings. The van der Waals surface area contributed by atoms with Gasteiger partial charge in [0.25, 0.3) is 5.91 Å². The number of benzene rings is 2. The number of anilines is 3. The predicted molar refractivity (Wildman–Crippen MR) is 100 cm³/mol. The molecular weight excluding hydrogens is 350 g/mol. The summed E-state index contributed by atoms with van der Waals surface area (Å²) in [6.07, 6.45) is 2.11. The lowest BCUT2D eigenvalue weighted by Crippen LogP contribution is -2.16. The molecule has 0 radical (unpaired) electrons. The minimum Gasteiger partial charge on any atom is -0.320 e. The molecule has 1 aromatic heterocycles. The average molecular weight is 368 g/mol. The van der Waals surface area contributed by atoms with Gasteiger partial charge in [0.05, 0.1) is 0 Å². The third-order valence-corrected chi connectivity index (χ3v) is 4.07. The van der Waals surface area contributed by atoms with Gasteiger partial charge in [0.15, 0.2) is 0 Å². The van der Waals surface area contributed by atoms with Crippen molar-refractivity contribution in [1.29, 1.82) is 0 Å². The highest BCUT2D eigenvalue weighted by molar-refractivity contribution is 6.03. The van der Waals surface area contributed by atoms with Crippen LogP contribution >= 0.6 is 0 Å². The Balaban J connectivity index is 1.85. The molecule has 1 heterocycles. The molecule has 0 bridgehead atoms. The highest BCUT2D eigenvalue weighted by atomic mass is 19.1. The summed E-state index contributed by atoms with van der Waals surface area (Å²) in [5.74, 6) is -2.06. The van der Waals surface area contributed by atoms with Gasteiger partial charge in [-0.3, -0.25) is 4.79 Å². The van der Waals surface area contributed by atoms with Gasteiger partial charge in [0.1, 0.15) is 23.0 Å². The maximum absolute atomic E-state index is 13.8. The van der Waals surface area contributed by atoms with Crippen molar-refractivity contribution >= 4 is 23.2 Å². The summed E-state index contributed by atoms with van der Waals surface area (Å²) in [6, 6.07) is 10.7. The van der Waals surface area contributed by atoms with Crippen LogP contribution < -0.4 is 10.6 Å². The third-order valence-electron chi connectivity index (χ3n) is 4.07. The van der Waals surface area contributed by atoms with Crippen molar-refractivity contribution in [3.8, 4) is 0 Å². The van der Waals surface area contributed by atoms with Gasteiger partial charge in [-0.1, -0.05) is 31.2 Å². The number of hydrogen-bond donors (Lipinski definition) is 2. The molecule has 0 aliphatic carbocycles. The lowest BCUT2D eigenvalue weighted by molar-refractivity contribution is 0.102. The minimum absolute atomic E-state index is 0.0767. The van der Waals surface area contributed by atoms with E-state index < -0.39 is 17.5 Å².